The lowest BCUT2D eigenvalue weighted by molar-refractivity contribution is 0.414. The van der Waals surface area contributed by atoms with Crippen molar-refractivity contribution >= 4 is 22.1 Å². The first-order valence-corrected chi connectivity index (χ1v) is 12.5. The highest BCUT2D eigenvalue weighted by Crippen LogP contribution is 2.50. The zero-order valence-corrected chi connectivity index (χ0v) is 21.3. The molecule has 0 saturated carbocycles. The topological polar surface area (TPSA) is 64.8 Å². The second kappa shape index (κ2) is 8.59. The zero-order chi connectivity index (χ0) is 25.8. The van der Waals surface area contributed by atoms with Crippen LogP contribution in [0.1, 0.15) is 22.6 Å². The summed E-state index contributed by atoms with van der Waals surface area (Å²) in [6, 6.07) is 28.9. The van der Waals surface area contributed by atoms with Gasteiger partial charge in [0.05, 0.1) is 12.7 Å². The van der Waals surface area contributed by atoms with Crippen LogP contribution in [-0.2, 0) is 0 Å². The van der Waals surface area contributed by atoms with Crippen molar-refractivity contribution < 1.29 is 9.47 Å². The molecule has 1 aliphatic rings. The van der Waals surface area contributed by atoms with Gasteiger partial charge in [0.15, 0.2) is 11.5 Å². The number of hydrogen-bond acceptors (Lipinski definition) is 6. The van der Waals surface area contributed by atoms with Crippen LogP contribution in [0.3, 0.4) is 0 Å². The first-order valence-electron chi connectivity index (χ1n) is 12.5. The van der Waals surface area contributed by atoms with Crippen molar-refractivity contribution in [2.75, 3.05) is 26.1 Å². The SMILES string of the molecule is COc1ccc(C2c3c(ccc4ccccc34)Oc3ncn4nc(-c5ccc(N(C)C)cc5)nc4c32)cc1. The van der Waals surface area contributed by atoms with Crippen LogP contribution < -0.4 is 14.4 Å². The van der Waals surface area contributed by atoms with Gasteiger partial charge in [-0.05, 0) is 58.8 Å². The van der Waals surface area contributed by atoms with E-state index in [0.717, 1.165) is 55.9 Å². The standard InChI is InChI=1S/C31H25N5O2/c1-35(2)22-13-8-21(9-14-22)29-33-30-28-26(20-10-15-23(37-3)16-11-20)27-24-7-5-4-6-19(24)12-17-25(27)38-31(28)32-18-36(30)34-29/h4-18,26H,1-3H3. The van der Waals surface area contributed by atoms with E-state index in [9.17, 15) is 0 Å². The van der Waals surface area contributed by atoms with Crippen molar-refractivity contribution in [1.82, 2.24) is 19.6 Å². The molecule has 7 rings (SSSR count). The van der Waals surface area contributed by atoms with Crippen LogP contribution in [0.15, 0.2) is 91.3 Å². The molecule has 38 heavy (non-hydrogen) atoms. The molecule has 0 aliphatic carbocycles. The van der Waals surface area contributed by atoms with E-state index in [0.29, 0.717) is 11.7 Å². The summed E-state index contributed by atoms with van der Waals surface area (Å²) in [7, 11) is 5.73. The van der Waals surface area contributed by atoms with Crippen molar-refractivity contribution in [3.63, 3.8) is 0 Å². The Morgan fingerprint density at radius 3 is 2.42 bits per heavy atom. The molecule has 7 nitrogen and oxygen atoms in total. The second-order valence-corrected chi connectivity index (χ2v) is 9.62. The number of hydrogen-bond donors (Lipinski definition) is 0. The van der Waals surface area contributed by atoms with Crippen LogP contribution in [0.2, 0.25) is 0 Å². The van der Waals surface area contributed by atoms with Crippen LogP contribution in [0.25, 0.3) is 27.8 Å². The van der Waals surface area contributed by atoms with Crippen LogP contribution in [0.4, 0.5) is 5.69 Å². The normalized spacial score (nSPS) is 14.1. The maximum atomic E-state index is 6.42. The van der Waals surface area contributed by atoms with Gasteiger partial charge in [-0.1, -0.05) is 42.5 Å². The van der Waals surface area contributed by atoms with Gasteiger partial charge in [0.2, 0.25) is 5.88 Å². The number of ether oxygens (including phenoxy) is 2. The highest BCUT2D eigenvalue weighted by Gasteiger charge is 2.34. The minimum atomic E-state index is -0.157. The van der Waals surface area contributed by atoms with E-state index in [1.807, 2.05) is 44.4 Å². The third-order valence-electron chi connectivity index (χ3n) is 7.19. The van der Waals surface area contributed by atoms with Crippen LogP contribution >= 0.6 is 0 Å². The molecule has 2 aromatic heterocycles. The molecule has 0 saturated heterocycles. The summed E-state index contributed by atoms with van der Waals surface area (Å²) in [6.45, 7) is 0. The van der Waals surface area contributed by atoms with E-state index in [1.54, 1.807) is 18.0 Å². The quantitative estimate of drug-likeness (QED) is 0.283. The Bertz CT molecular complexity index is 1810. The Morgan fingerprint density at radius 2 is 1.66 bits per heavy atom. The van der Waals surface area contributed by atoms with Crippen molar-refractivity contribution in [3.05, 3.63) is 108 Å². The van der Waals surface area contributed by atoms with Crippen LogP contribution in [-0.4, -0.2) is 40.8 Å². The molecule has 0 spiro atoms. The minimum absolute atomic E-state index is 0.157. The van der Waals surface area contributed by atoms with Gasteiger partial charge in [-0.2, -0.15) is 0 Å². The van der Waals surface area contributed by atoms with Crippen molar-refractivity contribution in [3.8, 4) is 28.8 Å². The summed E-state index contributed by atoms with van der Waals surface area (Å²) in [5, 5.41) is 7.08. The number of anilines is 1. The molecular formula is C31H25N5O2. The Balaban J connectivity index is 1.47. The molecule has 0 N–H and O–H groups in total. The molecule has 6 aromatic rings. The molecule has 0 amide bonds. The summed E-state index contributed by atoms with van der Waals surface area (Å²) in [4.78, 5) is 11.8. The molecule has 1 aliphatic heterocycles. The van der Waals surface area contributed by atoms with Gasteiger partial charge in [0.1, 0.15) is 17.8 Å². The predicted molar refractivity (Wildman–Crippen MR) is 149 cm³/mol. The Hall–Kier alpha value is -4.91. The number of nitrogens with zero attached hydrogens (tertiary/aromatic N) is 5. The largest absolute Gasteiger partial charge is 0.497 e. The van der Waals surface area contributed by atoms with E-state index >= 15 is 0 Å². The fraction of sp³-hybridized carbons (Fsp3) is 0.129. The maximum Gasteiger partial charge on any atom is 0.228 e. The first kappa shape index (κ1) is 22.3. The fourth-order valence-corrected chi connectivity index (χ4v) is 5.27. The number of benzene rings is 4. The third-order valence-corrected chi connectivity index (χ3v) is 7.19. The first-order chi connectivity index (χ1) is 18.6. The zero-order valence-electron chi connectivity index (χ0n) is 21.3. The molecule has 0 fully saturated rings. The van der Waals surface area contributed by atoms with Gasteiger partial charge in [-0.25, -0.2) is 14.5 Å². The van der Waals surface area contributed by atoms with Gasteiger partial charge < -0.3 is 14.4 Å². The molecule has 4 aromatic carbocycles. The molecule has 3 heterocycles. The highest BCUT2D eigenvalue weighted by molar-refractivity contribution is 5.91. The van der Waals surface area contributed by atoms with Gasteiger partial charge in [0, 0.05) is 36.8 Å². The number of fused-ring (bicyclic) bond motifs is 6. The summed E-state index contributed by atoms with van der Waals surface area (Å²) in [6.07, 6.45) is 1.68. The lowest BCUT2D eigenvalue weighted by Crippen LogP contribution is -2.15. The molecule has 186 valence electrons. The second-order valence-electron chi connectivity index (χ2n) is 9.62. The molecule has 1 atom stereocenters. The molecule has 0 bridgehead atoms. The molecule has 7 heteroatoms. The van der Waals surface area contributed by atoms with Crippen LogP contribution in [0.5, 0.6) is 17.4 Å². The average Bonchev–Trinajstić information content (AvgIpc) is 3.41. The summed E-state index contributed by atoms with van der Waals surface area (Å²) in [5.41, 5.74) is 5.87. The third kappa shape index (κ3) is 3.47. The number of aromatic nitrogens is 4. The lowest BCUT2D eigenvalue weighted by Gasteiger charge is -2.29. The average molecular weight is 500 g/mol. The van der Waals surface area contributed by atoms with E-state index in [4.69, 9.17) is 19.6 Å². The predicted octanol–water partition coefficient (Wildman–Crippen LogP) is 6.31. The summed E-state index contributed by atoms with van der Waals surface area (Å²) >= 11 is 0. The Morgan fingerprint density at radius 1 is 0.868 bits per heavy atom. The number of rotatable bonds is 4. The van der Waals surface area contributed by atoms with Gasteiger partial charge in [-0.3, -0.25) is 0 Å². The minimum Gasteiger partial charge on any atom is -0.497 e. The lowest BCUT2D eigenvalue weighted by atomic mass is 9.81. The fourth-order valence-electron chi connectivity index (χ4n) is 5.27. The highest BCUT2D eigenvalue weighted by atomic mass is 16.5. The maximum absolute atomic E-state index is 6.42. The summed E-state index contributed by atoms with van der Waals surface area (Å²) in [5.74, 6) is 2.63. The van der Waals surface area contributed by atoms with E-state index in [2.05, 4.69) is 64.5 Å². The van der Waals surface area contributed by atoms with Crippen molar-refractivity contribution in [2.45, 2.75) is 5.92 Å². The van der Waals surface area contributed by atoms with Gasteiger partial charge >= 0.3 is 0 Å². The Kier molecular flexibility index (Phi) is 5.04. The van der Waals surface area contributed by atoms with E-state index in [1.165, 1.54) is 0 Å². The smallest absolute Gasteiger partial charge is 0.228 e. The molecule has 0 radical (unpaired) electrons. The molecule has 1 unspecified atom stereocenters. The van der Waals surface area contributed by atoms with E-state index < -0.39 is 0 Å². The Labute approximate surface area is 219 Å². The summed E-state index contributed by atoms with van der Waals surface area (Å²) < 4.78 is 13.6. The van der Waals surface area contributed by atoms with Crippen molar-refractivity contribution in [1.29, 1.82) is 0 Å². The van der Waals surface area contributed by atoms with Crippen molar-refractivity contribution in [2.24, 2.45) is 0 Å². The molecular weight excluding hydrogens is 474 g/mol. The number of methoxy groups -OCH3 is 1. The van der Waals surface area contributed by atoms with Gasteiger partial charge in [-0.15, -0.1) is 5.10 Å². The van der Waals surface area contributed by atoms with E-state index in [-0.39, 0.29) is 5.92 Å². The monoisotopic (exact) mass is 499 g/mol. The van der Waals surface area contributed by atoms with Crippen LogP contribution in [0, 0.1) is 0 Å². The van der Waals surface area contributed by atoms with Gasteiger partial charge in [0.25, 0.3) is 0 Å².